The first-order chi connectivity index (χ1) is 17.6. The zero-order chi connectivity index (χ0) is 26.6. The summed E-state index contributed by atoms with van der Waals surface area (Å²) in [5.41, 5.74) is 0.378. The molecule has 0 radical (unpaired) electrons. The second-order valence-electron chi connectivity index (χ2n) is 10.2. The standard InChI is InChI=1S/C28H32ClN3O4Si/c1-28(2,3)37(23-11-6-4-7-12-23,24-13-8-5-9-14-24)36-20-19-30-17-10-18-31(27(30)33)26-16-15-22(32(34)35)21-25(26)29/h4-9,11-16,21H,10,17-20H2,1-3H3. The van der Waals surface area contributed by atoms with Crippen LogP contribution in [0.2, 0.25) is 10.1 Å². The number of non-ortho nitro benzene ring substituents is 1. The predicted molar refractivity (Wildman–Crippen MR) is 151 cm³/mol. The normalized spacial score (nSPS) is 14.6. The van der Waals surface area contributed by atoms with E-state index in [1.165, 1.54) is 22.5 Å². The van der Waals surface area contributed by atoms with Crippen LogP contribution < -0.4 is 15.3 Å². The molecule has 1 heterocycles. The van der Waals surface area contributed by atoms with Gasteiger partial charge in [0.2, 0.25) is 0 Å². The average molecular weight is 538 g/mol. The molecule has 3 aromatic rings. The summed E-state index contributed by atoms with van der Waals surface area (Å²) >= 11 is 6.33. The minimum atomic E-state index is -2.70. The number of carbonyl (C=O) groups is 1. The van der Waals surface area contributed by atoms with Gasteiger partial charge in [0.1, 0.15) is 0 Å². The van der Waals surface area contributed by atoms with Crippen LogP contribution in [0, 0.1) is 10.1 Å². The van der Waals surface area contributed by atoms with Gasteiger partial charge in [-0.3, -0.25) is 15.0 Å². The summed E-state index contributed by atoms with van der Waals surface area (Å²) in [5.74, 6) is 0. The third-order valence-corrected chi connectivity index (χ3v) is 12.2. The zero-order valence-electron chi connectivity index (χ0n) is 21.4. The third kappa shape index (κ3) is 5.41. The van der Waals surface area contributed by atoms with Gasteiger partial charge in [-0.25, -0.2) is 4.79 Å². The number of anilines is 1. The first-order valence-corrected chi connectivity index (χ1v) is 14.7. The van der Waals surface area contributed by atoms with Crippen molar-refractivity contribution in [3.8, 4) is 0 Å². The minimum absolute atomic E-state index is 0.103. The maximum atomic E-state index is 13.4. The van der Waals surface area contributed by atoms with Crippen LogP contribution in [0.3, 0.4) is 0 Å². The van der Waals surface area contributed by atoms with Crippen molar-refractivity contribution in [3.05, 3.63) is 94.0 Å². The number of rotatable bonds is 8. The van der Waals surface area contributed by atoms with Gasteiger partial charge >= 0.3 is 6.03 Å². The molecule has 0 N–H and O–H groups in total. The predicted octanol–water partition coefficient (Wildman–Crippen LogP) is 5.46. The van der Waals surface area contributed by atoms with E-state index in [9.17, 15) is 14.9 Å². The van der Waals surface area contributed by atoms with Crippen LogP contribution in [0.4, 0.5) is 16.2 Å². The highest BCUT2D eigenvalue weighted by atomic mass is 35.5. The Morgan fingerprint density at radius 3 is 2.08 bits per heavy atom. The number of benzene rings is 3. The Kier molecular flexibility index (Phi) is 8.01. The van der Waals surface area contributed by atoms with Crippen molar-refractivity contribution in [2.45, 2.75) is 32.2 Å². The average Bonchev–Trinajstić information content (AvgIpc) is 2.88. The summed E-state index contributed by atoms with van der Waals surface area (Å²) < 4.78 is 6.95. The molecule has 7 nitrogen and oxygen atoms in total. The maximum Gasteiger partial charge on any atom is 0.324 e. The van der Waals surface area contributed by atoms with Crippen LogP contribution in [0.1, 0.15) is 27.2 Å². The van der Waals surface area contributed by atoms with Crippen LogP contribution in [-0.4, -0.2) is 50.4 Å². The number of hydrogen-bond acceptors (Lipinski definition) is 4. The number of amides is 2. The van der Waals surface area contributed by atoms with Crippen molar-refractivity contribution in [2.24, 2.45) is 0 Å². The number of carbonyl (C=O) groups excluding carboxylic acids is 1. The van der Waals surface area contributed by atoms with Crippen molar-refractivity contribution >= 4 is 47.7 Å². The SMILES string of the molecule is CC(C)(C)[Si](OCCN1CCCN(c2ccc([N+](=O)[O-])cc2Cl)C1=O)(c1ccccc1)c1ccccc1. The lowest BCUT2D eigenvalue weighted by molar-refractivity contribution is -0.384. The lowest BCUT2D eigenvalue weighted by Gasteiger charge is -2.43. The van der Waals surface area contributed by atoms with Crippen LogP contribution in [0.5, 0.6) is 0 Å². The van der Waals surface area contributed by atoms with E-state index in [-0.39, 0.29) is 21.8 Å². The molecule has 3 aromatic carbocycles. The molecule has 194 valence electrons. The summed E-state index contributed by atoms with van der Waals surface area (Å²) in [6.07, 6.45) is 0.762. The molecule has 0 spiro atoms. The molecular formula is C28H32ClN3O4Si. The van der Waals surface area contributed by atoms with E-state index in [2.05, 4.69) is 69.3 Å². The second-order valence-corrected chi connectivity index (χ2v) is 14.9. The molecule has 1 aliphatic rings. The van der Waals surface area contributed by atoms with Crippen LogP contribution in [0.25, 0.3) is 0 Å². The zero-order valence-corrected chi connectivity index (χ0v) is 23.1. The Morgan fingerprint density at radius 1 is 0.973 bits per heavy atom. The summed E-state index contributed by atoms with van der Waals surface area (Å²) in [6.45, 7) is 8.62. The van der Waals surface area contributed by atoms with E-state index < -0.39 is 13.2 Å². The number of nitro groups is 1. The first kappa shape index (κ1) is 26.8. The molecule has 37 heavy (non-hydrogen) atoms. The summed E-state index contributed by atoms with van der Waals surface area (Å²) in [4.78, 5) is 27.4. The number of hydrogen-bond donors (Lipinski definition) is 0. The molecule has 4 rings (SSSR count). The van der Waals surface area contributed by atoms with E-state index in [4.69, 9.17) is 16.0 Å². The molecule has 0 unspecified atom stereocenters. The molecule has 0 saturated carbocycles. The summed E-state index contributed by atoms with van der Waals surface area (Å²) in [6, 6.07) is 24.9. The van der Waals surface area contributed by atoms with Crippen molar-refractivity contribution in [1.29, 1.82) is 0 Å². The van der Waals surface area contributed by atoms with E-state index >= 15 is 0 Å². The fourth-order valence-electron chi connectivity index (χ4n) is 5.11. The quantitative estimate of drug-likeness (QED) is 0.217. The van der Waals surface area contributed by atoms with E-state index in [1.54, 1.807) is 15.9 Å². The first-order valence-electron chi connectivity index (χ1n) is 12.4. The second kappa shape index (κ2) is 11.0. The highest BCUT2D eigenvalue weighted by Crippen LogP contribution is 2.37. The molecule has 1 fully saturated rings. The molecule has 0 aliphatic carbocycles. The smallest absolute Gasteiger partial charge is 0.324 e. The third-order valence-electron chi connectivity index (χ3n) is 6.84. The Morgan fingerprint density at radius 2 is 1.57 bits per heavy atom. The van der Waals surface area contributed by atoms with E-state index in [0.29, 0.717) is 31.9 Å². The number of nitrogens with zero attached hydrogens (tertiary/aromatic N) is 3. The molecule has 0 bridgehead atoms. The lowest BCUT2D eigenvalue weighted by Crippen LogP contribution is -2.67. The largest absolute Gasteiger partial charge is 0.406 e. The van der Waals surface area contributed by atoms with Gasteiger partial charge in [-0.15, -0.1) is 0 Å². The number of nitro benzene ring substituents is 1. The van der Waals surface area contributed by atoms with Crippen LogP contribution in [-0.2, 0) is 4.43 Å². The Bertz CT molecular complexity index is 1210. The van der Waals surface area contributed by atoms with Gasteiger partial charge in [0.05, 0.1) is 22.2 Å². The number of halogens is 1. The van der Waals surface area contributed by atoms with Gasteiger partial charge in [-0.2, -0.15) is 0 Å². The van der Waals surface area contributed by atoms with E-state index in [1.807, 2.05) is 12.1 Å². The monoisotopic (exact) mass is 537 g/mol. The van der Waals surface area contributed by atoms with Gasteiger partial charge in [-0.05, 0) is 27.9 Å². The number of urea groups is 1. The molecular weight excluding hydrogens is 506 g/mol. The highest BCUT2D eigenvalue weighted by molar-refractivity contribution is 6.99. The van der Waals surface area contributed by atoms with Gasteiger partial charge in [-0.1, -0.05) is 93.0 Å². The topological polar surface area (TPSA) is 75.9 Å². The summed E-state index contributed by atoms with van der Waals surface area (Å²) in [7, 11) is -2.70. The fourth-order valence-corrected chi connectivity index (χ4v) is 9.94. The molecule has 1 aliphatic heterocycles. The molecule has 1 saturated heterocycles. The highest BCUT2D eigenvalue weighted by Gasteiger charge is 2.50. The maximum absolute atomic E-state index is 13.4. The fraction of sp³-hybridized carbons (Fsp3) is 0.321. The van der Waals surface area contributed by atoms with Gasteiger partial charge in [0, 0.05) is 31.8 Å². The van der Waals surface area contributed by atoms with Crippen molar-refractivity contribution < 1.29 is 14.1 Å². The van der Waals surface area contributed by atoms with Crippen molar-refractivity contribution in [1.82, 2.24) is 4.90 Å². The minimum Gasteiger partial charge on any atom is -0.406 e. The molecule has 9 heteroatoms. The van der Waals surface area contributed by atoms with Crippen LogP contribution >= 0.6 is 11.6 Å². The Labute approximate surface area is 223 Å². The van der Waals surface area contributed by atoms with E-state index in [0.717, 1.165) is 6.42 Å². The van der Waals surface area contributed by atoms with Gasteiger partial charge < -0.3 is 9.33 Å². The summed E-state index contributed by atoms with van der Waals surface area (Å²) in [5, 5.41) is 13.5. The lowest BCUT2D eigenvalue weighted by atomic mass is 10.2. The molecule has 0 atom stereocenters. The van der Waals surface area contributed by atoms with Crippen molar-refractivity contribution in [3.63, 3.8) is 0 Å². The Hall–Kier alpha value is -3.20. The van der Waals surface area contributed by atoms with Crippen LogP contribution in [0.15, 0.2) is 78.9 Å². The van der Waals surface area contributed by atoms with Gasteiger partial charge in [0.25, 0.3) is 14.0 Å². The molecule has 2 amide bonds. The Balaban J connectivity index is 1.56. The van der Waals surface area contributed by atoms with Gasteiger partial charge in [0.15, 0.2) is 0 Å². The van der Waals surface area contributed by atoms with Crippen molar-refractivity contribution in [2.75, 3.05) is 31.1 Å². The molecule has 0 aromatic heterocycles.